The predicted molar refractivity (Wildman–Crippen MR) is 106 cm³/mol. The van der Waals surface area contributed by atoms with Gasteiger partial charge in [-0.15, -0.1) is 0 Å². The van der Waals surface area contributed by atoms with Crippen molar-refractivity contribution in [3.8, 4) is 0 Å². The van der Waals surface area contributed by atoms with Crippen molar-refractivity contribution in [1.29, 1.82) is 0 Å². The Balaban J connectivity index is 1.71. The van der Waals surface area contributed by atoms with Crippen LogP contribution in [0.1, 0.15) is 22.8 Å². The maximum absolute atomic E-state index is 13.4. The van der Waals surface area contributed by atoms with Crippen molar-refractivity contribution >= 4 is 29.0 Å². The summed E-state index contributed by atoms with van der Waals surface area (Å²) >= 11 is 6.01. The fraction of sp³-hybridized carbons (Fsp3) is 0.143. The largest absolute Gasteiger partial charge is 0.349 e. The maximum atomic E-state index is 13.4. The Hall–Kier alpha value is -2.92. The number of nitrogens with zero attached hydrogens (tertiary/aromatic N) is 1. The second kappa shape index (κ2) is 8.64. The number of hydrogen-bond acceptors (Lipinski definition) is 3. The molecule has 0 saturated heterocycles. The first-order valence-corrected chi connectivity index (χ1v) is 8.92. The molecule has 0 saturated carbocycles. The number of rotatable bonds is 6. The highest BCUT2D eigenvalue weighted by Gasteiger charge is 2.15. The van der Waals surface area contributed by atoms with E-state index in [1.165, 1.54) is 12.1 Å². The molecule has 0 aliphatic rings. The molecule has 138 valence electrons. The van der Waals surface area contributed by atoms with Gasteiger partial charge >= 0.3 is 0 Å². The van der Waals surface area contributed by atoms with E-state index in [1.807, 2.05) is 31.2 Å². The molecule has 0 radical (unpaired) electrons. The lowest BCUT2D eigenvalue weighted by molar-refractivity contribution is 0.0940. The lowest BCUT2D eigenvalue weighted by atomic mass is 10.1. The van der Waals surface area contributed by atoms with E-state index in [4.69, 9.17) is 11.6 Å². The van der Waals surface area contributed by atoms with Crippen LogP contribution in [0.3, 0.4) is 0 Å². The zero-order valence-electron chi connectivity index (χ0n) is 14.7. The fourth-order valence-corrected chi connectivity index (χ4v) is 2.97. The molecule has 3 rings (SSSR count). The number of nitrogens with one attached hydrogen (secondary N) is 2. The van der Waals surface area contributed by atoms with Crippen molar-refractivity contribution in [3.63, 3.8) is 0 Å². The lowest BCUT2D eigenvalue weighted by Crippen LogP contribution is -2.34. The van der Waals surface area contributed by atoms with E-state index in [2.05, 4.69) is 15.6 Å². The van der Waals surface area contributed by atoms with E-state index in [-0.39, 0.29) is 17.8 Å². The number of carbonyl (C=O) groups excluding carboxylic acids is 1. The van der Waals surface area contributed by atoms with Crippen LogP contribution in [0.4, 0.5) is 15.9 Å². The summed E-state index contributed by atoms with van der Waals surface area (Å²) in [6.45, 7) is 1.93. The minimum absolute atomic E-state index is 0.0989. The summed E-state index contributed by atoms with van der Waals surface area (Å²) in [5.41, 5.74) is 1.95. The van der Waals surface area contributed by atoms with Gasteiger partial charge < -0.3 is 10.6 Å². The first-order valence-electron chi connectivity index (χ1n) is 8.54. The smallest absolute Gasteiger partial charge is 0.255 e. The topological polar surface area (TPSA) is 54.0 Å². The Labute approximate surface area is 162 Å². The van der Waals surface area contributed by atoms with Crippen molar-refractivity contribution in [2.24, 2.45) is 0 Å². The highest BCUT2D eigenvalue weighted by molar-refractivity contribution is 6.30. The molecule has 3 aromatic rings. The second-order valence-electron chi connectivity index (χ2n) is 6.24. The van der Waals surface area contributed by atoms with Gasteiger partial charge in [0.1, 0.15) is 11.6 Å². The number of pyridine rings is 1. The number of amides is 1. The van der Waals surface area contributed by atoms with Gasteiger partial charge in [0.25, 0.3) is 5.91 Å². The average molecular weight is 384 g/mol. The summed E-state index contributed by atoms with van der Waals surface area (Å²) < 4.78 is 13.4. The molecule has 27 heavy (non-hydrogen) atoms. The zero-order chi connectivity index (χ0) is 19.2. The van der Waals surface area contributed by atoms with E-state index < -0.39 is 0 Å². The van der Waals surface area contributed by atoms with Crippen molar-refractivity contribution in [3.05, 3.63) is 88.8 Å². The van der Waals surface area contributed by atoms with Gasteiger partial charge in [-0.2, -0.15) is 0 Å². The quantitative estimate of drug-likeness (QED) is 0.631. The molecule has 0 aliphatic carbocycles. The summed E-state index contributed by atoms with van der Waals surface area (Å²) in [5, 5.41) is 6.63. The third-order valence-electron chi connectivity index (χ3n) is 3.95. The number of aromatic nitrogens is 1. The maximum Gasteiger partial charge on any atom is 0.255 e. The first kappa shape index (κ1) is 18.9. The SMILES string of the molecule is CC(Cc1cccc(Cl)c1)NC(=O)c1cccnc1Nc1cccc(F)c1. The summed E-state index contributed by atoms with van der Waals surface area (Å²) in [4.78, 5) is 16.9. The van der Waals surface area contributed by atoms with Crippen LogP contribution in [-0.2, 0) is 6.42 Å². The van der Waals surface area contributed by atoms with E-state index in [0.29, 0.717) is 28.5 Å². The van der Waals surface area contributed by atoms with Gasteiger partial charge in [0.05, 0.1) is 5.56 Å². The van der Waals surface area contributed by atoms with E-state index >= 15 is 0 Å². The normalized spacial score (nSPS) is 11.7. The van der Waals surface area contributed by atoms with Crippen LogP contribution >= 0.6 is 11.6 Å². The molecule has 2 N–H and O–H groups in total. The molecule has 0 bridgehead atoms. The fourth-order valence-electron chi connectivity index (χ4n) is 2.76. The van der Waals surface area contributed by atoms with Gasteiger partial charge in [-0.25, -0.2) is 9.37 Å². The van der Waals surface area contributed by atoms with Crippen molar-refractivity contribution in [2.75, 3.05) is 5.32 Å². The average Bonchev–Trinajstić information content (AvgIpc) is 2.62. The monoisotopic (exact) mass is 383 g/mol. The Morgan fingerprint density at radius 1 is 1.15 bits per heavy atom. The van der Waals surface area contributed by atoms with Gasteiger partial charge in [0, 0.05) is 22.9 Å². The number of carbonyl (C=O) groups is 1. The van der Waals surface area contributed by atoms with Crippen LogP contribution in [0.15, 0.2) is 66.9 Å². The number of benzene rings is 2. The molecule has 1 atom stereocenters. The number of halogens is 2. The minimum atomic E-state index is -0.364. The molecule has 0 fully saturated rings. The van der Waals surface area contributed by atoms with Gasteiger partial charge in [-0.1, -0.05) is 29.8 Å². The Bertz CT molecular complexity index is 948. The molecule has 2 aromatic carbocycles. The molecule has 1 aromatic heterocycles. The summed E-state index contributed by atoms with van der Waals surface area (Å²) in [6, 6.07) is 16.8. The number of hydrogen-bond donors (Lipinski definition) is 2. The number of anilines is 2. The van der Waals surface area contributed by atoms with Gasteiger partial charge in [0.2, 0.25) is 0 Å². The summed E-state index contributed by atoms with van der Waals surface area (Å²) in [5.74, 6) is -0.246. The van der Waals surface area contributed by atoms with Crippen molar-refractivity contribution in [2.45, 2.75) is 19.4 Å². The van der Waals surface area contributed by atoms with E-state index in [0.717, 1.165) is 5.56 Å². The zero-order valence-corrected chi connectivity index (χ0v) is 15.5. The molecule has 1 amide bonds. The highest BCUT2D eigenvalue weighted by atomic mass is 35.5. The third kappa shape index (κ3) is 5.28. The molecule has 1 heterocycles. The standard InChI is InChI=1S/C21H19ClFN3O/c1-14(11-15-5-2-6-16(22)12-15)25-21(27)19-9-4-10-24-20(19)26-18-8-3-7-17(23)13-18/h2-10,12-14H,11H2,1H3,(H,24,26)(H,25,27). The molecule has 1 unspecified atom stereocenters. The van der Waals surface area contributed by atoms with Crippen LogP contribution in [0.5, 0.6) is 0 Å². The Kier molecular flexibility index (Phi) is 6.04. The van der Waals surface area contributed by atoms with Crippen molar-refractivity contribution < 1.29 is 9.18 Å². The van der Waals surface area contributed by atoms with Crippen LogP contribution in [0, 0.1) is 5.82 Å². The molecular formula is C21H19ClFN3O. The van der Waals surface area contributed by atoms with Crippen LogP contribution < -0.4 is 10.6 Å². The van der Waals surface area contributed by atoms with E-state index in [1.54, 1.807) is 30.5 Å². The minimum Gasteiger partial charge on any atom is -0.349 e. The molecule has 0 aliphatic heterocycles. The third-order valence-corrected chi connectivity index (χ3v) is 4.18. The summed E-state index contributed by atoms with van der Waals surface area (Å²) in [6.07, 6.45) is 2.23. The van der Waals surface area contributed by atoms with Gasteiger partial charge in [-0.3, -0.25) is 4.79 Å². The van der Waals surface area contributed by atoms with Crippen molar-refractivity contribution in [1.82, 2.24) is 10.3 Å². The van der Waals surface area contributed by atoms with Crippen LogP contribution in [-0.4, -0.2) is 16.9 Å². The molecule has 4 nitrogen and oxygen atoms in total. The molecule has 0 spiro atoms. The van der Waals surface area contributed by atoms with Gasteiger partial charge in [-0.05, 0) is 61.4 Å². The van der Waals surface area contributed by atoms with Crippen LogP contribution in [0.25, 0.3) is 0 Å². The predicted octanol–water partition coefficient (Wildman–Crippen LogP) is 4.98. The van der Waals surface area contributed by atoms with Crippen LogP contribution in [0.2, 0.25) is 5.02 Å². The lowest BCUT2D eigenvalue weighted by Gasteiger charge is -2.16. The molecule has 6 heteroatoms. The van der Waals surface area contributed by atoms with Gasteiger partial charge in [0.15, 0.2) is 0 Å². The molecular weight excluding hydrogens is 365 g/mol. The Morgan fingerprint density at radius 2 is 1.96 bits per heavy atom. The van der Waals surface area contributed by atoms with E-state index in [9.17, 15) is 9.18 Å². The second-order valence-corrected chi connectivity index (χ2v) is 6.68. The highest BCUT2D eigenvalue weighted by Crippen LogP contribution is 2.19. The summed E-state index contributed by atoms with van der Waals surface area (Å²) in [7, 11) is 0. The Morgan fingerprint density at radius 3 is 2.74 bits per heavy atom. The first-order chi connectivity index (χ1) is 13.0.